The molecular weight excluding hydrogens is 295 g/mol. The predicted molar refractivity (Wildman–Crippen MR) is 78.0 cm³/mol. The van der Waals surface area contributed by atoms with Gasteiger partial charge in [0.2, 0.25) is 0 Å². The summed E-state index contributed by atoms with van der Waals surface area (Å²) >= 11 is 0. The van der Waals surface area contributed by atoms with Crippen molar-refractivity contribution in [2.24, 2.45) is 0 Å². The van der Waals surface area contributed by atoms with Gasteiger partial charge in [-0.3, -0.25) is 0 Å². The molecule has 2 aromatic rings. The van der Waals surface area contributed by atoms with Crippen LogP contribution in [0.25, 0.3) is 11.1 Å². The zero-order valence-electron chi connectivity index (χ0n) is 11.7. The molecule has 0 fully saturated rings. The molecule has 0 amide bonds. The van der Waals surface area contributed by atoms with E-state index in [1.165, 1.54) is 18.2 Å². The number of carboxylic acids is 1. The van der Waals surface area contributed by atoms with Crippen LogP contribution in [-0.2, 0) is 6.18 Å². The molecule has 0 aliphatic carbocycles. The minimum atomic E-state index is -4.42. The Morgan fingerprint density at radius 2 is 1.77 bits per heavy atom. The summed E-state index contributed by atoms with van der Waals surface area (Å²) in [6, 6.07) is 9.18. The van der Waals surface area contributed by atoms with Gasteiger partial charge in [0.05, 0.1) is 11.1 Å². The van der Waals surface area contributed by atoms with Crippen molar-refractivity contribution in [1.29, 1.82) is 0 Å². The van der Waals surface area contributed by atoms with Crippen molar-refractivity contribution < 1.29 is 23.1 Å². The minimum Gasteiger partial charge on any atom is -0.478 e. The first kappa shape index (κ1) is 15.9. The van der Waals surface area contributed by atoms with Crippen LogP contribution in [0.4, 0.5) is 18.9 Å². The molecule has 0 saturated carbocycles. The number of hydrogen-bond donors (Lipinski definition) is 2. The van der Waals surface area contributed by atoms with Gasteiger partial charge in [-0.15, -0.1) is 0 Å². The Labute approximate surface area is 125 Å². The normalized spacial score (nSPS) is 11.3. The maximum absolute atomic E-state index is 12.6. The zero-order chi connectivity index (χ0) is 16.3. The average molecular weight is 309 g/mol. The Bertz CT molecular complexity index is 679. The monoisotopic (exact) mass is 309 g/mol. The molecule has 0 aromatic heterocycles. The highest BCUT2D eigenvalue weighted by atomic mass is 19.4. The van der Waals surface area contributed by atoms with Gasteiger partial charge in [-0.1, -0.05) is 18.2 Å². The maximum atomic E-state index is 12.6. The Morgan fingerprint density at radius 1 is 1.14 bits per heavy atom. The van der Waals surface area contributed by atoms with Gasteiger partial charge in [-0.05, 0) is 36.8 Å². The third kappa shape index (κ3) is 3.21. The summed E-state index contributed by atoms with van der Waals surface area (Å²) in [6.07, 6.45) is -4.42. The second-order valence-corrected chi connectivity index (χ2v) is 4.64. The molecule has 2 N–H and O–H groups in total. The second-order valence-electron chi connectivity index (χ2n) is 4.64. The summed E-state index contributed by atoms with van der Waals surface area (Å²) in [5, 5.41) is 12.3. The van der Waals surface area contributed by atoms with E-state index >= 15 is 0 Å². The van der Waals surface area contributed by atoms with E-state index in [4.69, 9.17) is 0 Å². The van der Waals surface area contributed by atoms with Crippen LogP contribution in [0, 0.1) is 0 Å². The van der Waals surface area contributed by atoms with Gasteiger partial charge in [0, 0.05) is 17.8 Å². The van der Waals surface area contributed by atoms with E-state index in [9.17, 15) is 23.1 Å². The van der Waals surface area contributed by atoms with Crippen molar-refractivity contribution in [2.75, 3.05) is 11.9 Å². The fourth-order valence-electron chi connectivity index (χ4n) is 2.21. The minimum absolute atomic E-state index is 0.0400. The molecule has 6 heteroatoms. The lowest BCUT2D eigenvalue weighted by Gasteiger charge is -2.15. The van der Waals surface area contributed by atoms with Crippen molar-refractivity contribution in [3.63, 3.8) is 0 Å². The molecular formula is C16H14F3NO2. The van der Waals surface area contributed by atoms with E-state index in [2.05, 4.69) is 5.32 Å². The number of aromatic carboxylic acids is 1. The smallest absolute Gasteiger partial charge is 0.416 e. The van der Waals surface area contributed by atoms with E-state index in [1.807, 2.05) is 6.92 Å². The topological polar surface area (TPSA) is 49.3 Å². The highest BCUT2D eigenvalue weighted by Gasteiger charge is 2.30. The third-order valence-electron chi connectivity index (χ3n) is 3.16. The highest BCUT2D eigenvalue weighted by Crippen LogP contribution is 2.35. The van der Waals surface area contributed by atoms with Crippen LogP contribution >= 0.6 is 0 Å². The number of carboxylic acid groups (broad SMARTS) is 1. The van der Waals surface area contributed by atoms with Crippen LogP contribution < -0.4 is 5.32 Å². The molecule has 0 unspecified atom stereocenters. The van der Waals surface area contributed by atoms with Crippen molar-refractivity contribution in [2.45, 2.75) is 13.1 Å². The Hall–Kier alpha value is -2.50. The summed E-state index contributed by atoms with van der Waals surface area (Å²) in [5.74, 6) is -1.13. The van der Waals surface area contributed by atoms with E-state index in [0.29, 0.717) is 23.4 Å². The van der Waals surface area contributed by atoms with Crippen molar-refractivity contribution in [3.8, 4) is 11.1 Å². The average Bonchev–Trinajstić information content (AvgIpc) is 2.46. The molecule has 2 rings (SSSR count). The number of carbonyl (C=O) groups is 1. The first-order valence-corrected chi connectivity index (χ1v) is 6.62. The van der Waals surface area contributed by atoms with Gasteiger partial charge in [0.15, 0.2) is 0 Å². The van der Waals surface area contributed by atoms with E-state index in [1.54, 1.807) is 12.1 Å². The predicted octanol–water partition coefficient (Wildman–Crippen LogP) is 4.50. The lowest BCUT2D eigenvalue weighted by Crippen LogP contribution is -2.06. The van der Waals surface area contributed by atoms with Crippen LogP contribution in [0.1, 0.15) is 22.8 Å². The molecule has 0 radical (unpaired) electrons. The van der Waals surface area contributed by atoms with Crippen molar-refractivity contribution >= 4 is 11.7 Å². The Balaban J connectivity index is 2.57. The molecule has 3 nitrogen and oxygen atoms in total. The van der Waals surface area contributed by atoms with Crippen LogP contribution in [-0.4, -0.2) is 17.6 Å². The second kappa shape index (κ2) is 6.09. The molecule has 116 valence electrons. The van der Waals surface area contributed by atoms with Crippen LogP contribution in [0.2, 0.25) is 0 Å². The van der Waals surface area contributed by atoms with Crippen LogP contribution in [0.5, 0.6) is 0 Å². The molecule has 0 aliphatic rings. The van der Waals surface area contributed by atoms with Gasteiger partial charge < -0.3 is 10.4 Å². The molecule has 0 atom stereocenters. The molecule has 0 bridgehead atoms. The number of rotatable bonds is 4. The van der Waals surface area contributed by atoms with Gasteiger partial charge in [0.25, 0.3) is 0 Å². The first-order chi connectivity index (χ1) is 10.3. The number of alkyl halides is 3. The highest BCUT2D eigenvalue weighted by molar-refractivity contribution is 6.00. The largest absolute Gasteiger partial charge is 0.478 e. The van der Waals surface area contributed by atoms with Gasteiger partial charge >= 0.3 is 12.1 Å². The number of halogens is 3. The van der Waals surface area contributed by atoms with E-state index < -0.39 is 17.7 Å². The third-order valence-corrected chi connectivity index (χ3v) is 3.16. The quantitative estimate of drug-likeness (QED) is 0.874. The summed E-state index contributed by atoms with van der Waals surface area (Å²) in [6.45, 7) is 2.42. The number of nitrogens with one attached hydrogen (secondary N) is 1. The lowest BCUT2D eigenvalue weighted by molar-refractivity contribution is -0.137. The molecule has 0 spiro atoms. The number of hydrogen-bond acceptors (Lipinski definition) is 2. The Kier molecular flexibility index (Phi) is 4.40. The van der Waals surface area contributed by atoms with Crippen LogP contribution in [0.15, 0.2) is 42.5 Å². The summed E-state index contributed by atoms with van der Waals surface area (Å²) in [5.41, 5.74) is 0.641. The molecule has 22 heavy (non-hydrogen) atoms. The summed E-state index contributed by atoms with van der Waals surface area (Å²) in [4.78, 5) is 11.4. The fraction of sp³-hybridized carbons (Fsp3) is 0.188. The first-order valence-electron chi connectivity index (χ1n) is 6.62. The molecule has 0 aliphatic heterocycles. The fourth-order valence-corrected chi connectivity index (χ4v) is 2.21. The maximum Gasteiger partial charge on any atom is 0.416 e. The Morgan fingerprint density at radius 3 is 2.27 bits per heavy atom. The zero-order valence-corrected chi connectivity index (χ0v) is 11.7. The van der Waals surface area contributed by atoms with E-state index in [-0.39, 0.29) is 5.56 Å². The van der Waals surface area contributed by atoms with Crippen molar-refractivity contribution in [3.05, 3.63) is 53.6 Å². The number of benzene rings is 2. The summed E-state index contributed by atoms with van der Waals surface area (Å²) in [7, 11) is 0. The molecule has 0 heterocycles. The summed E-state index contributed by atoms with van der Waals surface area (Å²) < 4.78 is 37.9. The molecule has 2 aromatic carbocycles. The van der Waals surface area contributed by atoms with Gasteiger partial charge in [-0.2, -0.15) is 13.2 Å². The van der Waals surface area contributed by atoms with Crippen molar-refractivity contribution in [1.82, 2.24) is 0 Å². The van der Waals surface area contributed by atoms with Gasteiger partial charge in [0.1, 0.15) is 0 Å². The van der Waals surface area contributed by atoms with Crippen LogP contribution in [0.3, 0.4) is 0 Å². The lowest BCUT2D eigenvalue weighted by atomic mass is 9.96. The number of anilines is 1. The van der Waals surface area contributed by atoms with E-state index in [0.717, 1.165) is 12.1 Å². The standard InChI is InChI=1S/C16H14F3NO2/c1-2-20-13-5-3-4-12(15(21)22)14(13)10-6-8-11(9-7-10)16(17,18)19/h3-9,20H,2H2,1H3,(H,21,22). The SMILES string of the molecule is CCNc1cccc(C(=O)O)c1-c1ccc(C(F)(F)F)cc1. The molecule has 0 saturated heterocycles. The van der Waals surface area contributed by atoms with Gasteiger partial charge in [-0.25, -0.2) is 4.79 Å².